The molecule has 0 bridgehead atoms. The van der Waals surface area contributed by atoms with Crippen LogP contribution in [0.3, 0.4) is 0 Å². The third-order valence-electron chi connectivity index (χ3n) is 3.96. The number of halogens is 1. The van der Waals surface area contributed by atoms with Crippen molar-refractivity contribution in [3.8, 4) is 0 Å². The van der Waals surface area contributed by atoms with Gasteiger partial charge in [-0.3, -0.25) is 4.79 Å². The maximum atomic E-state index is 12.0. The van der Waals surface area contributed by atoms with E-state index in [1.54, 1.807) is 6.07 Å². The van der Waals surface area contributed by atoms with Crippen LogP contribution < -0.4 is 10.2 Å². The summed E-state index contributed by atoms with van der Waals surface area (Å²) in [6, 6.07) is 5.60. The highest BCUT2D eigenvalue weighted by Crippen LogP contribution is 2.27. The fourth-order valence-corrected chi connectivity index (χ4v) is 2.85. The Hall–Kier alpha value is -1.30. The summed E-state index contributed by atoms with van der Waals surface area (Å²) < 4.78 is 0. The lowest BCUT2D eigenvalue weighted by Crippen LogP contribution is -2.45. The van der Waals surface area contributed by atoms with Crippen LogP contribution in [0.1, 0.15) is 6.42 Å². The Morgan fingerprint density at radius 1 is 1.27 bits per heavy atom. The van der Waals surface area contributed by atoms with Crippen LogP contribution >= 0.6 is 11.6 Å². The molecule has 1 aliphatic heterocycles. The average Bonchev–Trinajstić information content (AvgIpc) is 2.46. The van der Waals surface area contributed by atoms with E-state index in [-0.39, 0.29) is 5.91 Å². The molecule has 0 spiro atoms. The molecule has 0 aromatic heterocycles. The molecule has 22 heavy (non-hydrogen) atoms. The summed E-state index contributed by atoms with van der Waals surface area (Å²) in [5, 5.41) is 3.56. The van der Waals surface area contributed by atoms with Gasteiger partial charge in [0.2, 0.25) is 5.91 Å². The van der Waals surface area contributed by atoms with Gasteiger partial charge in [0.05, 0.1) is 10.7 Å². The van der Waals surface area contributed by atoms with E-state index in [2.05, 4.69) is 22.2 Å². The number of carbonyl (C=O) groups is 1. The molecule has 6 heteroatoms. The van der Waals surface area contributed by atoms with Gasteiger partial charge in [0, 0.05) is 58.9 Å². The molecule has 1 aromatic rings. The molecule has 1 amide bonds. The number of hydrogen-bond donors (Lipinski definition) is 1. The van der Waals surface area contributed by atoms with Crippen molar-refractivity contribution in [2.45, 2.75) is 6.42 Å². The number of carbonyl (C=O) groups excluding carboxylic acids is 1. The Bertz CT molecular complexity index is 513. The maximum absolute atomic E-state index is 12.0. The number of likely N-dealkylation sites (N-methyl/N-ethyl adjacent to an activating group) is 1. The Balaban J connectivity index is 1.81. The fourth-order valence-electron chi connectivity index (χ4n) is 2.50. The maximum Gasteiger partial charge on any atom is 0.225 e. The van der Waals surface area contributed by atoms with Crippen molar-refractivity contribution in [1.29, 1.82) is 0 Å². The van der Waals surface area contributed by atoms with Crippen LogP contribution in [0.5, 0.6) is 0 Å². The minimum Gasteiger partial charge on any atom is -0.376 e. The summed E-state index contributed by atoms with van der Waals surface area (Å²) >= 11 is 6.21. The van der Waals surface area contributed by atoms with Crippen LogP contribution in [0, 0.1) is 0 Å². The number of amides is 1. The smallest absolute Gasteiger partial charge is 0.225 e. The molecular formula is C16H25ClN4O. The van der Waals surface area contributed by atoms with Crippen molar-refractivity contribution in [2.75, 3.05) is 64.1 Å². The first kappa shape index (κ1) is 17.1. The lowest BCUT2D eigenvalue weighted by Gasteiger charge is -2.32. The zero-order valence-electron chi connectivity index (χ0n) is 13.6. The third-order valence-corrected chi connectivity index (χ3v) is 4.27. The number of hydrogen-bond acceptors (Lipinski definition) is 4. The molecule has 1 saturated heterocycles. The molecule has 5 nitrogen and oxygen atoms in total. The number of anilines is 2. The molecule has 122 valence electrons. The summed E-state index contributed by atoms with van der Waals surface area (Å²) in [6.07, 6.45) is 0.511. The summed E-state index contributed by atoms with van der Waals surface area (Å²) in [5.74, 6) is 0.0348. The van der Waals surface area contributed by atoms with E-state index in [0.29, 0.717) is 11.4 Å². The Kier molecular flexibility index (Phi) is 6.06. The Labute approximate surface area is 137 Å². The molecule has 0 unspecified atom stereocenters. The van der Waals surface area contributed by atoms with Crippen molar-refractivity contribution in [2.24, 2.45) is 0 Å². The molecule has 0 aliphatic carbocycles. The molecule has 0 atom stereocenters. The van der Waals surface area contributed by atoms with Gasteiger partial charge in [-0.05, 0) is 25.2 Å². The molecular weight excluding hydrogens is 300 g/mol. The molecule has 0 radical (unpaired) electrons. The van der Waals surface area contributed by atoms with Gasteiger partial charge in [-0.15, -0.1) is 0 Å². The minimum absolute atomic E-state index is 0.0348. The summed E-state index contributed by atoms with van der Waals surface area (Å²) in [6.45, 7) is 5.02. The van der Waals surface area contributed by atoms with Crippen LogP contribution in [0.2, 0.25) is 5.02 Å². The monoisotopic (exact) mass is 324 g/mol. The van der Waals surface area contributed by atoms with Gasteiger partial charge in [0.1, 0.15) is 0 Å². The van der Waals surface area contributed by atoms with Crippen LogP contribution in [0.25, 0.3) is 0 Å². The predicted molar refractivity (Wildman–Crippen MR) is 93.0 cm³/mol. The SMILES string of the molecule is CN1CCN(CCC(=O)Nc2ccc(N(C)C)c(Cl)c2)CC1. The largest absolute Gasteiger partial charge is 0.376 e. The Morgan fingerprint density at radius 3 is 2.55 bits per heavy atom. The molecule has 1 fully saturated rings. The van der Waals surface area contributed by atoms with E-state index in [0.717, 1.165) is 44.1 Å². The van der Waals surface area contributed by atoms with Gasteiger partial charge < -0.3 is 20.0 Å². The van der Waals surface area contributed by atoms with E-state index in [1.165, 1.54) is 0 Å². The average molecular weight is 325 g/mol. The zero-order chi connectivity index (χ0) is 16.1. The predicted octanol–water partition coefficient (Wildman–Crippen LogP) is 1.98. The van der Waals surface area contributed by atoms with E-state index in [4.69, 9.17) is 11.6 Å². The van der Waals surface area contributed by atoms with Gasteiger partial charge in [-0.2, -0.15) is 0 Å². The van der Waals surface area contributed by atoms with Crippen LogP contribution in [0.15, 0.2) is 18.2 Å². The molecule has 1 heterocycles. The molecule has 1 aromatic carbocycles. The molecule has 1 N–H and O–H groups in total. The first-order chi connectivity index (χ1) is 10.5. The number of nitrogens with zero attached hydrogens (tertiary/aromatic N) is 3. The zero-order valence-corrected chi connectivity index (χ0v) is 14.4. The van der Waals surface area contributed by atoms with Crippen molar-refractivity contribution in [3.05, 3.63) is 23.2 Å². The normalized spacial score (nSPS) is 16.5. The van der Waals surface area contributed by atoms with Gasteiger partial charge in [0.15, 0.2) is 0 Å². The van der Waals surface area contributed by atoms with E-state index in [1.807, 2.05) is 31.1 Å². The molecule has 0 saturated carbocycles. The second kappa shape index (κ2) is 7.81. The van der Waals surface area contributed by atoms with E-state index in [9.17, 15) is 4.79 Å². The summed E-state index contributed by atoms with van der Waals surface area (Å²) in [4.78, 5) is 18.6. The topological polar surface area (TPSA) is 38.8 Å². The lowest BCUT2D eigenvalue weighted by atomic mass is 10.2. The van der Waals surface area contributed by atoms with Crippen LogP contribution in [0.4, 0.5) is 11.4 Å². The summed E-state index contributed by atoms with van der Waals surface area (Å²) in [7, 11) is 6.01. The highest BCUT2D eigenvalue weighted by Gasteiger charge is 2.14. The van der Waals surface area contributed by atoms with E-state index < -0.39 is 0 Å². The molecule has 2 rings (SSSR count). The van der Waals surface area contributed by atoms with Crippen molar-refractivity contribution < 1.29 is 4.79 Å². The summed E-state index contributed by atoms with van der Waals surface area (Å²) in [5.41, 5.74) is 1.69. The first-order valence-electron chi connectivity index (χ1n) is 7.63. The highest BCUT2D eigenvalue weighted by molar-refractivity contribution is 6.33. The lowest BCUT2D eigenvalue weighted by molar-refractivity contribution is -0.116. The first-order valence-corrected chi connectivity index (χ1v) is 8.01. The minimum atomic E-state index is 0.0348. The van der Waals surface area contributed by atoms with Crippen molar-refractivity contribution >= 4 is 28.9 Å². The Morgan fingerprint density at radius 2 is 1.95 bits per heavy atom. The fraction of sp³-hybridized carbons (Fsp3) is 0.562. The number of nitrogens with one attached hydrogen (secondary N) is 1. The number of rotatable bonds is 5. The molecule has 1 aliphatic rings. The van der Waals surface area contributed by atoms with Crippen LogP contribution in [-0.4, -0.2) is 69.6 Å². The van der Waals surface area contributed by atoms with Gasteiger partial charge in [-0.1, -0.05) is 11.6 Å². The van der Waals surface area contributed by atoms with Gasteiger partial charge in [-0.25, -0.2) is 0 Å². The second-order valence-electron chi connectivity index (χ2n) is 6.00. The highest BCUT2D eigenvalue weighted by atomic mass is 35.5. The third kappa shape index (κ3) is 4.87. The van der Waals surface area contributed by atoms with Crippen molar-refractivity contribution in [1.82, 2.24) is 9.80 Å². The number of piperazine rings is 1. The van der Waals surface area contributed by atoms with E-state index >= 15 is 0 Å². The van der Waals surface area contributed by atoms with Gasteiger partial charge >= 0.3 is 0 Å². The number of benzene rings is 1. The standard InChI is InChI=1S/C16H25ClN4O/c1-19(2)15-5-4-13(12-14(15)17)18-16(22)6-7-21-10-8-20(3)9-11-21/h4-5,12H,6-11H2,1-3H3,(H,18,22). The van der Waals surface area contributed by atoms with Gasteiger partial charge in [0.25, 0.3) is 0 Å². The van der Waals surface area contributed by atoms with Crippen molar-refractivity contribution in [3.63, 3.8) is 0 Å². The van der Waals surface area contributed by atoms with Crippen LogP contribution in [-0.2, 0) is 4.79 Å². The quantitative estimate of drug-likeness (QED) is 0.899. The second-order valence-corrected chi connectivity index (χ2v) is 6.41.